The monoisotopic (exact) mass is 372 g/mol. The summed E-state index contributed by atoms with van der Waals surface area (Å²) in [6.07, 6.45) is 2.22. The van der Waals surface area contributed by atoms with Crippen molar-refractivity contribution in [2.45, 2.75) is 46.0 Å². The molecule has 0 spiro atoms. The molecule has 0 aliphatic carbocycles. The number of hydrogen-bond acceptors (Lipinski definition) is 2. The van der Waals surface area contributed by atoms with E-state index in [9.17, 15) is 4.79 Å². The van der Waals surface area contributed by atoms with Gasteiger partial charge < -0.3 is 4.74 Å². The SMILES string of the molecule is CCC(C)(CC)c1ccc(Oc2ccc(C(=O)c3ccc(C)cc3)cc2)cc1. The smallest absolute Gasteiger partial charge is 0.193 e. The van der Waals surface area contributed by atoms with E-state index in [1.807, 2.05) is 67.6 Å². The Kier molecular flexibility index (Phi) is 5.99. The maximum atomic E-state index is 12.6. The quantitative estimate of drug-likeness (QED) is 0.414. The van der Waals surface area contributed by atoms with Crippen molar-refractivity contribution < 1.29 is 9.53 Å². The first-order chi connectivity index (χ1) is 13.4. The first kappa shape index (κ1) is 19.9. The second-order valence-corrected chi connectivity index (χ2v) is 7.61. The predicted molar refractivity (Wildman–Crippen MR) is 116 cm³/mol. The normalized spacial score (nSPS) is 11.3. The summed E-state index contributed by atoms with van der Waals surface area (Å²) in [4.78, 5) is 12.6. The van der Waals surface area contributed by atoms with Gasteiger partial charge in [-0.1, -0.05) is 62.7 Å². The molecule has 0 saturated heterocycles. The highest BCUT2D eigenvalue weighted by molar-refractivity contribution is 6.09. The van der Waals surface area contributed by atoms with Gasteiger partial charge in [0.05, 0.1) is 0 Å². The predicted octanol–water partition coefficient (Wildman–Crippen LogP) is 7.10. The number of rotatable bonds is 7. The summed E-state index contributed by atoms with van der Waals surface area (Å²) in [7, 11) is 0. The van der Waals surface area contributed by atoms with Crippen LogP contribution in [0.3, 0.4) is 0 Å². The molecule has 3 rings (SSSR count). The first-order valence-corrected chi connectivity index (χ1v) is 9.95. The minimum atomic E-state index is 0.0225. The Bertz CT molecular complexity index is 916. The van der Waals surface area contributed by atoms with Gasteiger partial charge in [0.15, 0.2) is 5.78 Å². The molecule has 0 amide bonds. The van der Waals surface area contributed by atoms with Gasteiger partial charge in [-0.2, -0.15) is 0 Å². The molecule has 0 fully saturated rings. The van der Waals surface area contributed by atoms with E-state index in [2.05, 4.69) is 32.9 Å². The number of benzene rings is 3. The lowest BCUT2D eigenvalue weighted by atomic mass is 9.78. The van der Waals surface area contributed by atoms with Crippen LogP contribution in [-0.4, -0.2) is 5.78 Å². The molecule has 0 atom stereocenters. The standard InChI is InChI=1S/C26H28O2/c1-5-26(4,6-2)22-13-17-24(18-14-22)28-23-15-11-21(12-16-23)25(27)20-9-7-19(3)8-10-20/h7-18H,5-6H2,1-4H3. The molecular formula is C26H28O2. The molecule has 28 heavy (non-hydrogen) atoms. The highest BCUT2D eigenvalue weighted by atomic mass is 16.5. The van der Waals surface area contributed by atoms with Gasteiger partial charge in [-0.15, -0.1) is 0 Å². The zero-order chi connectivity index (χ0) is 20.1. The summed E-state index contributed by atoms with van der Waals surface area (Å²) >= 11 is 0. The molecular weight excluding hydrogens is 344 g/mol. The second-order valence-electron chi connectivity index (χ2n) is 7.61. The van der Waals surface area contributed by atoms with Crippen LogP contribution in [0, 0.1) is 6.92 Å². The zero-order valence-corrected chi connectivity index (χ0v) is 17.2. The van der Waals surface area contributed by atoms with Gasteiger partial charge in [-0.3, -0.25) is 4.79 Å². The summed E-state index contributed by atoms with van der Waals surface area (Å²) in [6.45, 7) is 8.77. The lowest BCUT2D eigenvalue weighted by molar-refractivity contribution is 0.103. The summed E-state index contributed by atoms with van der Waals surface area (Å²) in [5, 5.41) is 0. The van der Waals surface area contributed by atoms with Crippen LogP contribution in [0.4, 0.5) is 0 Å². The van der Waals surface area contributed by atoms with Crippen LogP contribution in [0.15, 0.2) is 72.8 Å². The van der Waals surface area contributed by atoms with Crippen LogP contribution in [0.5, 0.6) is 11.5 Å². The molecule has 0 N–H and O–H groups in total. The second kappa shape index (κ2) is 8.43. The van der Waals surface area contributed by atoms with E-state index in [0.717, 1.165) is 29.9 Å². The van der Waals surface area contributed by atoms with Crippen LogP contribution < -0.4 is 4.74 Å². The molecule has 0 aliphatic rings. The average molecular weight is 373 g/mol. The van der Waals surface area contributed by atoms with Gasteiger partial charge in [0.25, 0.3) is 0 Å². The molecule has 3 aromatic rings. The number of carbonyl (C=O) groups is 1. The minimum absolute atomic E-state index is 0.0225. The summed E-state index contributed by atoms with van der Waals surface area (Å²) in [6, 6.07) is 23.3. The Labute approximate surface area is 168 Å². The minimum Gasteiger partial charge on any atom is -0.457 e. The molecule has 0 bridgehead atoms. The lowest BCUT2D eigenvalue weighted by Gasteiger charge is -2.27. The van der Waals surface area contributed by atoms with Crippen molar-refractivity contribution in [3.63, 3.8) is 0 Å². The van der Waals surface area contributed by atoms with E-state index in [0.29, 0.717) is 11.1 Å². The number of hydrogen-bond donors (Lipinski definition) is 0. The molecule has 3 aromatic carbocycles. The van der Waals surface area contributed by atoms with E-state index >= 15 is 0 Å². The Morgan fingerprint density at radius 1 is 0.750 bits per heavy atom. The van der Waals surface area contributed by atoms with E-state index in [1.54, 1.807) is 0 Å². The van der Waals surface area contributed by atoms with Gasteiger partial charge in [0.1, 0.15) is 11.5 Å². The Hall–Kier alpha value is -2.87. The van der Waals surface area contributed by atoms with Crippen molar-refractivity contribution in [3.05, 3.63) is 95.1 Å². The largest absolute Gasteiger partial charge is 0.457 e. The molecule has 0 radical (unpaired) electrons. The molecule has 2 nitrogen and oxygen atoms in total. The molecule has 0 aromatic heterocycles. The number of ether oxygens (including phenoxy) is 1. The van der Waals surface area contributed by atoms with Gasteiger partial charge in [-0.05, 0) is 67.1 Å². The van der Waals surface area contributed by atoms with E-state index in [4.69, 9.17) is 4.74 Å². The van der Waals surface area contributed by atoms with E-state index in [1.165, 1.54) is 5.56 Å². The molecule has 0 saturated carbocycles. The fraction of sp³-hybridized carbons (Fsp3) is 0.269. The van der Waals surface area contributed by atoms with Crippen molar-refractivity contribution >= 4 is 5.78 Å². The van der Waals surface area contributed by atoms with Crippen LogP contribution in [0.1, 0.15) is 60.7 Å². The molecule has 144 valence electrons. The van der Waals surface area contributed by atoms with E-state index in [-0.39, 0.29) is 11.2 Å². The van der Waals surface area contributed by atoms with Crippen molar-refractivity contribution in [1.29, 1.82) is 0 Å². The van der Waals surface area contributed by atoms with Crippen LogP contribution in [0.25, 0.3) is 0 Å². The Morgan fingerprint density at radius 2 is 1.18 bits per heavy atom. The molecule has 0 aliphatic heterocycles. The number of ketones is 1. The van der Waals surface area contributed by atoms with Gasteiger partial charge in [-0.25, -0.2) is 0 Å². The average Bonchev–Trinajstić information content (AvgIpc) is 2.74. The Morgan fingerprint density at radius 3 is 1.64 bits per heavy atom. The van der Waals surface area contributed by atoms with Crippen molar-refractivity contribution in [1.82, 2.24) is 0 Å². The van der Waals surface area contributed by atoms with Crippen LogP contribution >= 0.6 is 0 Å². The third-order valence-corrected chi connectivity index (χ3v) is 5.78. The third kappa shape index (κ3) is 4.33. The Balaban J connectivity index is 1.70. The molecule has 0 unspecified atom stereocenters. The summed E-state index contributed by atoms with van der Waals surface area (Å²) < 4.78 is 5.96. The van der Waals surface area contributed by atoms with E-state index < -0.39 is 0 Å². The fourth-order valence-corrected chi connectivity index (χ4v) is 3.27. The molecule has 0 heterocycles. The van der Waals surface area contributed by atoms with Gasteiger partial charge >= 0.3 is 0 Å². The highest BCUT2D eigenvalue weighted by Gasteiger charge is 2.21. The maximum absolute atomic E-state index is 12.6. The lowest BCUT2D eigenvalue weighted by Crippen LogP contribution is -2.19. The molecule has 2 heteroatoms. The first-order valence-electron chi connectivity index (χ1n) is 9.95. The van der Waals surface area contributed by atoms with Crippen LogP contribution in [0.2, 0.25) is 0 Å². The van der Waals surface area contributed by atoms with Crippen LogP contribution in [-0.2, 0) is 5.41 Å². The zero-order valence-electron chi connectivity index (χ0n) is 17.2. The van der Waals surface area contributed by atoms with Crippen molar-refractivity contribution in [2.24, 2.45) is 0 Å². The van der Waals surface area contributed by atoms with Crippen molar-refractivity contribution in [3.8, 4) is 11.5 Å². The number of carbonyl (C=O) groups excluding carboxylic acids is 1. The van der Waals surface area contributed by atoms with Gasteiger partial charge in [0, 0.05) is 11.1 Å². The maximum Gasteiger partial charge on any atom is 0.193 e. The highest BCUT2D eigenvalue weighted by Crippen LogP contribution is 2.32. The summed E-state index contributed by atoms with van der Waals surface area (Å²) in [5.41, 5.74) is 4.04. The van der Waals surface area contributed by atoms with Gasteiger partial charge in [0.2, 0.25) is 0 Å². The fourth-order valence-electron chi connectivity index (χ4n) is 3.27. The number of aryl methyl sites for hydroxylation is 1. The topological polar surface area (TPSA) is 26.3 Å². The summed E-state index contributed by atoms with van der Waals surface area (Å²) in [5.74, 6) is 1.55. The van der Waals surface area contributed by atoms with Crippen molar-refractivity contribution in [2.75, 3.05) is 0 Å². The third-order valence-electron chi connectivity index (χ3n) is 5.78.